The van der Waals surface area contributed by atoms with Gasteiger partial charge in [0.05, 0.1) is 13.2 Å². The van der Waals surface area contributed by atoms with Gasteiger partial charge in [0.25, 0.3) is 0 Å². The largest absolute Gasteiger partial charge is 0.464 e. The van der Waals surface area contributed by atoms with E-state index in [1.54, 1.807) is 0 Å². The smallest absolute Gasteiger partial charge is 0.323 e. The molecule has 0 amide bonds. The predicted octanol–water partition coefficient (Wildman–Crippen LogP) is 0.317. The number of rotatable bonds is 3. The summed E-state index contributed by atoms with van der Waals surface area (Å²) < 4.78 is 10.2. The highest BCUT2D eigenvalue weighted by atomic mass is 16.5. The fraction of sp³-hybridized carbons (Fsp3) is 0.900. The van der Waals surface area contributed by atoms with Crippen molar-refractivity contribution in [1.82, 2.24) is 5.32 Å². The number of hydrogen-bond donors (Lipinski definition) is 1. The van der Waals surface area contributed by atoms with Gasteiger partial charge in [-0.15, -0.1) is 0 Å². The molecule has 2 fully saturated rings. The van der Waals surface area contributed by atoms with Crippen molar-refractivity contribution in [3.05, 3.63) is 0 Å². The van der Waals surface area contributed by atoms with Crippen LogP contribution < -0.4 is 5.32 Å². The van der Waals surface area contributed by atoms with E-state index in [0.717, 1.165) is 26.1 Å². The average molecular weight is 199 g/mol. The second-order valence-corrected chi connectivity index (χ2v) is 4.09. The van der Waals surface area contributed by atoms with Crippen LogP contribution in [0, 0.1) is 5.92 Å². The minimum atomic E-state index is -0.101. The quantitative estimate of drug-likeness (QED) is 0.665. The molecule has 1 N–H and O–H groups in total. The monoisotopic (exact) mass is 199 g/mol. The summed E-state index contributed by atoms with van der Waals surface area (Å²) in [5.41, 5.74) is 0. The first-order chi connectivity index (χ1) is 6.77. The lowest BCUT2D eigenvalue weighted by Crippen LogP contribution is -2.43. The van der Waals surface area contributed by atoms with Crippen LogP contribution in [0.2, 0.25) is 0 Å². The van der Waals surface area contributed by atoms with Crippen LogP contribution in [0.4, 0.5) is 0 Å². The zero-order valence-electron chi connectivity index (χ0n) is 8.49. The molecule has 0 radical (unpaired) electrons. The lowest BCUT2D eigenvalue weighted by molar-refractivity contribution is -0.139. The average Bonchev–Trinajstić information content (AvgIpc) is 2.77. The van der Waals surface area contributed by atoms with E-state index in [-0.39, 0.29) is 12.0 Å². The molecule has 0 saturated carbocycles. The van der Waals surface area contributed by atoms with Crippen molar-refractivity contribution in [1.29, 1.82) is 0 Å². The Morgan fingerprint density at radius 3 is 2.86 bits per heavy atom. The molecular formula is C10H17NO3. The van der Waals surface area contributed by atoms with Crippen LogP contribution in [0.1, 0.15) is 19.8 Å². The third-order valence-corrected chi connectivity index (χ3v) is 3.07. The molecule has 2 heterocycles. The Morgan fingerprint density at radius 2 is 2.29 bits per heavy atom. The number of ether oxygens (including phenoxy) is 2. The van der Waals surface area contributed by atoms with E-state index in [2.05, 4.69) is 12.2 Å². The normalized spacial score (nSPS) is 34.5. The molecule has 2 aliphatic rings. The van der Waals surface area contributed by atoms with Crippen molar-refractivity contribution in [2.75, 3.05) is 19.8 Å². The summed E-state index contributed by atoms with van der Waals surface area (Å²) in [6.45, 7) is 4.34. The Balaban J connectivity index is 1.80. The van der Waals surface area contributed by atoms with Gasteiger partial charge in [0.2, 0.25) is 0 Å². The Kier molecular flexibility index (Phi) is 3.03. The number of esters is 1. The topological polar surface area (TPSA) is 47.6 Å². The maximum atomic E-state index is 11.2. The Bertz CT molecular complexity index is 213. The molecule has 3 atom stereocenters. The van der Waals surface area contributed by atoms with Gasteiger partial charge in [0.1, 0.15) is 6.04 Å². The molecule has 4 nitrogen and oxygen atoms in total. The van der Waals surface area contributed by atoms with Crippen molar-refractivity contribution >= 4 is 5.97 Å². The molecule has 4 heteroatoms. The van der Waals surface area contributed by atoms with Crippen molar-refractivity contribution < 1.29 is 14.3 Å². The summed E-state index contributed by atoms with van der Waals surface area (Å²) in [4.78, 5) is 11.2. The predicted molar refractivity (Wildman–Crippen MR) is 50.9 cm³/mol. The molecule has 0 aromatic heterocycles. The highest BCUT2D eigenvalue weighted by Gasteiger charge is 2.30. The summed E-state index contributed by atoms with van der Waals surface area (Å²) in [5, 5.41) is 3.32. The van der Waals surface area contributed by atoms with E-state index in [1.165, 1.54) is 0 Å². The van der Waals surface area contributed by atoms with Crippen LogP contribution in [0.3, 0.4) is 0 Å². The first kappa shape index (κ1) is 9.93. The van der Waals surface area contributed by atoms with Gasteiger partial charge >= 0.3 is 5.97 Å². The van der Waals surface area contributed by atoms with Gasteiger partial charge < -0.3 is 14.8 Å². The molecule has 0 aromatic rings. The van der Waals surface area contributed by atoms with Crippen molar-refractivity contribution in [2.24, 2.45) is 5.92 Å². The highest BCUT2D eigenvalue weighted by Crippen LogP contribution is 2.18. The fourth-order valence-electron chi connectivity index (χ4n) is 2.05. The summed E-state index contributed by atoms with van der Waals surface area (Å²) in [5.74, 6) is 0.444. The minimum Gasteiger partial charge on any atom is -0.464 e. The molecule has 2 rings (SSSR count). The molecule has 3 unspecified atom stereocenters. The summed E-state index contributed by atoms with van der Waals surface area (Å²) in [7, 11) is 0. The van der Waals surface area contributed by atoms with E-state index < -0.39 is 0 Å². The van der Waals surface area contributed by atoms with E-state index in [9.17, 15) is 4.79 Å². The number of carbonyl (C=O) groups is 1. The van der Waals surface area contributed by atoms with E-state index in [4.69, 9.17) is 9.47 Å². The lowest BCUT2D eigenvalue weighted by atomic mass is 10.00. The molecule has 14 heavy (non-hydrogen) atoms. The molecule has 2 saturated heterocycles. The van der Waals surface area contributed by atoms with Crippen LogP contribution in [-0.4, -0.2) is 37.9 Å². The van der Waals surface area contributed by atoms with Crippen LogP contribution in [0.25, 0.3) is 0 Å². The lowest BCUT2D eigenvalue weighted by Gasteiger charge is -2.21. The first-order valence-electron chi connectivity index (χ1n) is 5.28. The van der Waals surface area contributed by atoms with Crippen LogP contribution in [0.15, 0.2) is 0 Å². The summed E-state index contributed by atoms with van der Waals surface area (Å²) in [6, 6.07) is 0.249. The molecule has 0 spiro atoms. The molecule has 80 valence electrons. The number of nitrogens with one attached hydrogen (secondary N) is 1. The van der Waals surface area contributed by atoms with Crippen LogP contribution in [-0.2, 0) is 14.3 Å². The van der Waals surface area contributed by atoms with Gasteiger partial charge in [0.15, 0.2) is 0 Å². The fourth-order valence-corrected chi connectivity index (χ4v) is 2.05. The summed E-state index contributed by atoms with van der Waals surface area (Å²) >= 11 is 0. The zero-order chi connectivity index (χ0) is 9.97. The van der Waals surface area contributed by atoms with Gasteiger partial charge in [0, 0.05) is 19.1 Å². The van der Waals surface area contributed by atoms with Crippen molar-refractivity contribution in [2.45, 2.75) is 31.8 Å². The maximum Gasteiger partial charge on any atom is 0.323 e. The second kappa shape index (κ2) is 4.28. The third kappa shape index (κ3) is 2.07. The first-order valence-corrected chi connectivity index (χ1v) is 5.28. The number of cyclic esters (lactones) is 1. The second-order valence-electron chi connectivity index (χ2n) is 4.09. The van der Waals surface area contributed by atoms with Gasteiger partial charge in [-0.25, -0.2) is 0 Å². The van der Waals surface area contributed by atoms with E-state index in [1.807, 2.05) is 0 Å². The molecule has 0 aliphatic carbocycles. The van der Waals surface area contributed by atoms with Gasteiger partial charge in [-0.1, -0.05) is 0 Å². The Morgan fingerprint density at radius 1 is 1.43 bits per heavy atom. The van der Waals surface area contributed by atoms with Gasteiger partial charge in [-0.05, 0) is 19.3 Å². The number of hydrogen-bond acceptors (Lipinski definition) is 4. The molecular weight excluding hydrogens is 182 g/mol. The highest BCUT2D eigenvalue weighted by molar-refractivity contribution is 5.77. The van der Waals surface area contributed by atoms with E-state index in [0.29, 0.717) is 18.6 Å². The number of carbonyl (C=O) groups excluding carboxylic acids is 1. The third-order valence-electron chi connectivity index (χ3n) is 3.07. The Labute approximate surface area is 84.0 Å². The van der Waals surface area contributed by atoms with Crippen molar-refractivity contribution in [3.63, 3.8) is 0 Å². The minimum absolute atomic E-state index is 0.0920. The van der Waals surface area contributed by atoms with Crippen molar-refractivity contribution in [3.8, 4) is 0 Å². The molecule has 2 aliphatic heterocycles. The maximum absolute atomic E-state index is 11.2. The zero-order valence-corrected chi connectivity index (χ0v) is 8.49. The Hall–Kier alpha value is -0.610. The van der Waals surface area contributed by atoms with Crippen LogP contribution >= 0.6 is 0 Å². The SMILES string of the molecule is CC(NC1CCOC1=O)C1CCOC1. The molecule has 0 aromatic carbocycles. The molecule has 0 bridgehead atoms. The van der Waals surface area contributed by atoms with Gasteiger partial charge in [-0.2, -0.15) is 0 Å². The van der Waals surface area contributed by atoms with Gasteiger partial charge in [-0.3, -0.25) is 4.79 Å². The van der Waals surface area contributed by atoms with E-state index >= 15 is 0 Å². The standard InChI is InChI=1S/C10H17NO3/c1-7(8-2-4-13-6-8)11-9-3-5-14-10(9)12/h7-9,11H,2-6H2,1H3. The van der Waals surface area contributed by atoms with Crippen LogP contribution in [0.5, 0.6) is 0 Å². The summed E-state index contributed by atoms with van der Waals surface area (Å²) in [6.07, 6.45) is 1.90.